The lowest BCUT2D eigenvalue weighted by atomic mass is 10.0. The fourth-order valence-corrected chi connectivity index (χ4v) is 5.25. The van der Waals surface area contributed by atoms with Crippen molar-refractivity contribution in [2.45, 2.75) is 31.6 Å². The smallest absolute Gasteiger partial charge is 0.265 e. The van der Waals surface area contributed by atoms with Crippen molar-refractivity contribution in [1.29, 1.82) is 0 Å². The number of ether oxygens (including phenoxy) is 1. The second kappa shape index (κ2) is 7.85. The molecule has 1 saturated heterocycles. The molecular formula is C18H23N3O4S2. The van der Waals surface area contributed by atoms with Crippen LogP contribution in [-0.2, 0) is 10.0 Å². The van der Waals surface area contributed by atoms with Gasteiger partial charge in [-0.25, -0.2) is 13.4 Å². The minimum absolute atomic E-state index is 0.0774. The summed E-state index contributed by atoms with van der Waals surface area (Å²) in [6.07, 6.45) is 2.11. The highest BCUT2D eigenvalue weighted by Crippen LogP contribution is 2.28. The number of hydrogen-bond acceptors (Lipinski definition) is 6. The van der Waals surface area contributed by atoms with Crippen molar-refractivity contribution in [3.8, 4) is 5.75 Å². The number of benzene rings is 1. The van der Waals surface area contributed by atoms with E-state index in [0.717, 1.165) is 37.3 Å². The maximum absolute atomic E-state index is 12.8. The first-order chi connectivity index (χ1) is 12.8. The van der Waals surface area contributed by atoms with Crippen molar-refractivity contribution in [3.63, 3.8) is 0 Å². The number of aryl methyl sites for hydroxylation is 1. The molecule has 9 heteroatoms. The Hall–Kier alpha value is -2.13. The highest BCUT2D eigenvalue weighted by molar-refractivity contribution is 7.93. The molecule has 0 spiro atoms. The number of hydrogen-bond donors (Lipinski definition) is 1. The van der Waals surface area contributed by atoms with Gasteiger partial charge < -0.3 is 9.64 Å². The molecule has 0 bridgehead atoms. The Kier molecular flexibility index (Phi) is 5.71. The van der Waals surface area contributed by atoms with Gasteiger partial charge in [0.05, 0.1) is 17.7 Å². The van der Waals surface area contributed by atoms with Gasteiger partial charge in [0.25, 0.3) is 15.9 Å². The summed E-state index contributed by atoms with van der Waals surface area (Å²) in [6.45, 7) is 5.31. The van der Waals surface area contributed by atoms with E-state index in [-0.39, 0.29) is 15.9 Å². The standard InChI is InChI=1S/C18H23N3O4S2/c1-12-5-4-10-21(11-12)17(22)16-13(2)19-18(26-16)20-27(23,24)15-8-6-14(25-3)7-9-15/h6-9,12H,4-5,10-11H2,1-3H3,(H,19,20). The number of anilines is 1. The number of nitrogens with one attached hydrogen (secondary N) is 1. The first-order valence-electron chi connectivity index (χ1n) is 8.73. The summed E-state index contributed by atoms with van der Waals surface area (Å²) in [4.78, 5) is 19.5. The summed E-state index contributed by atoms with van der Waals surface area (Å²) in [7, 11) is -2.27. The van der Waals surface area contributed by atoms with E-state index in [1.807, 2.05) is 4.90 Å². The molecule has 2 aromatic rings. The Bertz CT molecular complexity index is 923. The highest BCUT2D eigenvalue weighted by atomic mass is 32.2. The van der Waals surface area contributed by atoms with Gasteiger partial charge in [0, 0.05) is 13.1 Å². The molecule has 0 saturated carbocycles. The highest BCUT2D eigenvalue weighted by Gasteiger charge is 2.26. The molecule has 3 rings (SSSR count). The van der Waals surface area contributed by atoms with Gasteiger partial charge in [0.15, 0.2) is 5.13 Å². The summed E-state index contributed by atoms with van der Waals surface area (Å²) in [5, 5.41) is 0.191. The largest absolute Gasteiger partial charge is 0.497 e. The molecule has 1 N–H and O–H groups in total. The third-order valence-electron chi connectivity index (χ3n) is 4.53. The number of carbonyl (C=O) groups excluding carboxylic acids is 1. The maximum Gasteiger partial charge on any atom is 0.265 e. The normalized spacial score (nSPS) is 17.6. The van der Waals surface area contributed by atoms with Crippen LogP contribution in [0.2, 0.25) is 0 Å². The van der Waals surface area contributed by atoms with Crippen LogP contribution in [0.3, 0.4) is 0 Å². The Morgan fingerprint density at radius 2 is 2.04 bits per heavy atom. The number of methoxy groups -OCH3 is 1. The predicted molar refractivity (Wildman–Crippen MR) is 105 cm³/mol. The van der Waals surface area contributed by atoms with Crippen LogP contribution in [0.1, 0.15) is 35.1 Å². The molecule has 1 unspecified atom stereocenters. The summed E-state index contributed by atoms with van der Waals surface area (Å²) in [5.41, 5.74) is 0.538. The number of rotatable bonds is 5. The Morgan fingerprint density at radius 3 is 2.67 bits per heavy atom. The van der Waals surface area contributed by atoms with Gasteiger partial charge in [0.2, 0.25) is 0 Å². The molecule has 1 atom stereocenters. The van der Waals surface area contributed by atoms with E-state index in [1.165, 1.54) is 19.2 Å². The molecule has 27 heavy (non-hydrogen) atoms. The van der Waals surface area contributed by atoms with Gasteiger partial charge in [0.1, 0.15) is 10.6 Å². The van der Waals surface area contributed by atoms with E-state index in [4.69, 9.17) is 4.74 Å². The van der Waals surface area contributed by atoms with E-state index in [2.05, 4.69) is 16.6 Å². The van der Waals surface area contributed by atoms with Gasteiger partial charge in [-0.3, -0.25) is 9.52 Å². The van der Waals surface area contributed by atoms with Crippen LogP contribution in [-0.4, -0.2) is 44.4 Å². The summed E-state index contributed by atoms with van der Waals surface area (Å²) < 4.78 is 32.6. The van der Waals surface area contributed by atoms with E-state index < -0.39 is 10.0 Å². The lowest BCUT2D eigenvalue weighted by Crippen LogP contribution is -2.39. The van der Waals surface area contributed by atoms with Crippen LogP contribution in [0.25, 0.3) is 0 Å². The summed E-state index contributed by atoms with van der Waals surface area (Å²) >= 11 is 1.07. The van der Waals surface area contributed by atoms with Crippen molar-refractivity contribution in [1.82, 2.24) is 9.88 Å². The number of sulfonamides is 1. The number of nitrogens with zero attached hydrogens (tertiary/aromatic N) is 2. The van der Waals surface area contributed by atoms with Crippen molar-refractivity contribution in [2.75, 3.05) is 24.9 Å². The molecule has 0 radical (unpaired) electrons. The maximum atomic E-state index is 12.8. The Labute approximate surface area is 163 Å². The lowest BCUT2D eigenvalue weighted by Gasteiger charge is -2.30. The van der Waals surface area contributed by atoms with Crippen molar-refractivity contribution in [2.24, 2.45) is 5.92 Å². The molecule has 0 aliphatic carbocycles. The molecule has 146 valence electrons. The van der Waals surface area contributed by atoms with Crippen LogP contribution in [0.15, 0.2) is 29.2 Å². The molecule has 1 aliphatic heterocycles. The van der Waals surface area contributed by atoms with Crippen molar-refractivity contribution in [3.05, 3.63) is 34.8 Å². The fourth-order valence-electron chi connectivity index (χ4n) is 3.08. The molecule has 1 amide bonds. The summed E-state index contributed by atoms with van der Waals surface area (Å²) in [5.74, 6) is 0.970. The van der Waals surface area contributed by atoms with E-state index in [9.17, 15) is 13.2 Å². The van der Waals surface area contributed by atoms with E-state index in [0.29, 0.717) is 22.2 Å². The second-order valence-electron chi connectivity index (χ2n) is 6.71. The van der Waals surface area contributed by atoms with Gasteiger partial charge in [-0.1, -0.05) is 18.3 Å². The number of piperidine rings is 1. The molecule has 1 aromatic heterocycles. The minimum Gasteiger partial charge on any atom is -0.497 e. The first kappa shape index (κ1) is 19.6. The molecule has 1 aromatic carbocycles. The van der Waals surface area contributed by atoms with Crippen LogP contribution >= 0.6 is 11.3 Å². The number of amides is 1. The lowest BCUT2D eigenvalue weighted by molar-refractivity contribution is 0.0687. The molecule has 1 aliphatic rings. The number of aromatic nitrogens is 1. The molecule has 1 fully saturated rings. The van der Waals surface area contributed by atoms with Crippen LogP contribution < -0.4 is 9.46 Å². The topological polar surface area (TPSA) is 88.6 Å². The third kappa shape index (κ3) is 4.41. The number of thiazole rings is 1. The average molecular weight is 410 g/mol. The zero-order valence-corrected chi connectivity index (χ0v) is 17.2. The Morgan fingerprint density at radius 1 is 1.33 bits per heavy atom. The van der Waals surface area contributed by atoms with Gasteiger partial charge >= 0.3 is 0 Å². The van der Waals surface area contributed by atoms with Crippen LogP contribution in [0.5, 0.6) is 5.75 Å². The van der Waals surface area contributed by atoms with Crippen molar-refractivity contribution < 1.29 is 17.9 Å². The predicted octanol–water partition coefficient (Wildman–Crippen LogP) is 3.13. The third-order valence-corrected chi connectivity index (χ3v) is 7.07. The number of carbonyl (C=O) groups is 1. The zero-order chi connectivity index (χ0) is 19.6. The molecule has 7 nitrogen and oxygen atoms in total. The molecular weight excluding hydrogens is 386 g/mol. The summed E-state index contributed by atoms with van der Waals surface area (Å²) in [6, 6.07) is 6.08. The fraction of sp³-hybridized carbons (Fsp3) is 0.444. The quantitative estimate of drug-likeness (QED) is 0.820. The Balaban J connectivity index is 1.78. The zero-order valence-electron chi connectivity index (χ0n) is 15.6. The van der Waals surface area contributed by atoms with E-state index >= 15 is 0 Å². The van der Waals surface area contributed by atoms with Crippen LogP contribution in [0, 0.1) is 12.8 Å². The van der Waals surface area contributed by atoms with Crippen LogP contribution in [0.4, 0.5) is 5.13 Å². The van der Waals surface area contributed by atoms with Crippen molar-refractivity contribution >= 4 is 32.4 Å². The average Bonchev–Trinajstić information content (AvgIpc) is 3.00. The SMILES string of the molecule is COc1ccc(S(=O)(=O)Nc2nc(C)c(C(=O)N3CCCC(C)C3)s2)cc1. The van der Waals surface area contributed by atoms with E-state index in [1.54, 1.807) is 19.1 Å². The number of likely N-dealkylation sites (tertiary alicyclic amines) is 1. The molecule has 2 heterocycles. The monoisotopic (exact) mass is 409 g/mol. The van der Waals surface area contributed by atoms with Gasteiger partial charge in [-0.15, -0.1) is 0 Å². The van der Waals surface area contributed by atoms with Gasteiger partial charge in [-0.2, -0.15) is 0 Å². The minimum atomic E-state index is -3.78. The van der Waals surface area contributed by atoms with Gasteiger partial charge in [-0.05, 0) is 49.9 Å². The second-order valence-corrected chi connectivity index (χ2v) is 9.39. The first-order valence-corrected chi connectivity index (χ1v) is 11.0.